The summed E-state index contributed by atoms with van der Waals surface area (Å²) in [6.07, 6.45) is -1.69. The quantitative estimate of drug-likeness (QED) is 0.479. The van der Waals surface area contributed by atoms with Gasteiger partial charge in [0, 0.05) is 30.0 Å². The van der Waals surface area contributed by atoms with E-state index in [4.69, 9.17) is 0 Å². The van der Waals surface area contributed by atoms with E-state index in [1.165, 1.54) is 13.0 Å². The second-order valence-electron chi connectivity index (χ2n) is 7.92. The van der Waals surface area contributed by atoms with Crippen molar-refractivity contribution in [1.82, 2.24) is 15.2 Å². The largest absolute Gasteiger partial charge is 0.419 e. The minimum absolute atomic E-state index is 0.0284. The van der Waals surface area contributed by atoms with E-state index in [1.54, 1.807) is 0 Å². The van der Waals surface area contributed by atoms with E-state index in [9.17, 15) is 27.2 Å². The number of alkyl halides is 3. The number of aromatic nitrogens is 1. The minimum atomic E-state index is -4.85. The Hall–Kier alpha value is -3.14. The van der Waals surface area contributed by atoms with Crippen molar-refractivity contribution in [3.05, 3.63) is 52.1 Å². The van der Waals surface area contributed by atoms with Crippen LogP contribution in [0.4, 0.5) is 23.2 Å². The molecule has 3 heterocycles. The number of fused-ring (bicyclic) bond motifs is 1. The molecule has 0 unspecified atom stereocenters. The zero-order chi connectivity index (χ0) is 23.0. The maximum absolute atomic E-state index is 14.0. The van der Waals surface area contributed by atoms with Crippen molar-refractivity contribution in [1.29, 1.82) is 0 Å². The number of anilines is 1. The smallest absolute Gasteiger partial charge is 0.358 e. The van der Waals surface area contributed by atoms with Gasteiger partial charge in [-0.1, -0.05) is 0 Å². The summed E-state index contributed by atoms with van der Waals surface area (Å²) < 4.78 is 55.6. The Balaban J connectivity index is 1.67. The number of nitrogens with zero attached hydrogens (tertiary/aromatic N) is 1. The first-order chi connectivity index (χ1) is 15.1. The van der Waals surface area contributed by atoms with Crippen molar-refractivity contribution in [2.75, 3.05) is 31.5 Å². The Morgan fingerprint density at radius 2 is 1.97 bits per heavy atom. The molecule has 2 amide bonds. The number of amides is 2. The summed E-state index contributed by atoms with van der Waals surface area (Å²) >= 11 is 0. The van der Waals surface area contributed by atoms with Gasteiger partial charge in [-0.15, -0.1) is 0 Å². The second kappa shape index (κ2) is 8.42. The number of halogens is 4. The Labute approximate surface area is 181 Å². The van der Waals surface area contributed by atoms with Gasteiger partial charge in [-0.3, -0.25) is 9.59 Å². The van der Waals surface area contributed by atoms with Crippen LogP contribution in [0.25, 0.3) is 11.6 Å². The Kier molecular flexibility index (Phi) is 5.81. The van der Waals surface area contributed by atoms with Crippen LogP contribution < -0.4 is 10.6 Å². The third-order valence-corrected chi connectivity index (χ3v) is 5.69. The van der Waals surface area contributed by atoms with Crippen molar-refractivity contribution >= 4 is 29.2 Å². The highest BCUT2D eigenvalue weighted by molar-refractivity contribution is 6.35. The Morgan fingerprint density at radius 3 is 2.66 bits per heavy atom. The van der Waals surface area contributed by atoms with Crippen molar-refractivity contribution in [3.63, 3.8) is 0 Å². The number of carbonyl (C=O) groups excluding carboxylic acids is 2. The highest BCUT2D eigenvalue weighted by Gasteiger charge is 2.41. The van der Waals surface area contributed by atoms with Gasteiger partial charge in [0.05, 0.1) is 22.4 Å². The summed E-state index contributed by atoms with van der Waals surface area (Å²) in [5, 5.41) is 5.07. The molecule has 2 aliphatic rings. The van der Waals surface area contributed by atoms with E-state index >= 15 is 0 Å². The van der Waals surface area contributed by atoms with Crippen LogP contribution >= 0.6 is 0 Å². The molecule has 0 aliphatic carbocycles. The van der Waals surface area contributed by atoms with Gasteiger partial charge in [-0.2, -0.15) is 13.2 Å². The van der Waals surface area contributed by atoms with Gasteiger partial charge in [0.2, 0.25) is 0 Å². The monoisotopic (exact) mass is 450 g/mol. The lowest BCUT2D eigenvalue weighted by molar-refractivity contribution is -0.138. The molecular weight excluding hydrogens is 428 g/mol. The molecule has 2 aliphatic heterocycles. The van der Waals surface area contributed by atoms with Crippen LogP contribution in [0.15, 0.2) is 18.2 Å². The normalized spacial score (nSPS) is 17.7. The summed E-state index contributed by atoms with van der Waals surface area (Å²) in [5.74, 6) is -2.11. The van der Waals surface area contributed by atoms with Gasteiger partial charge >= 0.3 is 6.18 Å². The summed E-state index contributed by atoms with van der Waals surface area (Å²) in [5.41, 5.74) is -1.72. The van der Waals surface area contributed by atoms with E-state index in [2.05, 4.69) is 20.5 Å². The number of hydrogen-bond donors (Lipinski definition) is 3. The molecule has 10 heteroatoms. The van der Waals surface area contributed by atoms with Gasteiger partial charge in [0.15, 0.2) is 0 Å². The fourth-order valence-corrected chi connectivity index (χ4v) is 4.21. The van der Waals surface area contributed by atoms with Crippen LogP contribution in [0.3, 0.4) is 0 Å². The second-order valence-corrected chi connectivity index (χ2v) is 7.92. The predicted octanol–water partition coefficient (Wildman–Crippen LogP) is 3.80. The number of hydrogen-bond acceptors (Lipinski definition) is 3. The molecule has 3 N–H and O–H groups in total. The maximum atomic E-state index is 14.0. The molecule has 6 nitrogen and oxygen atoms in total. The summed E-state index contributed by atoms with van der Waals surface area (Å²) in [7, 11) is 0. The molecule has 1 aromatic carbocycles. The first kappa shape index (κ1) is 22.1. The molecule has 0 atom stereocenters. The topological polar surface area (TPSA) is 77.2 Å². The molecule has 1 fully saturated rings. The minimum Gasteiger partial charge on any atom is -0.358 e. The number of benzene rings is 1. The molecule has 2 aromatic rings. The van der Waals surface area contributed by atoms with Gasteiger partial charge in [0.1, 0.15) is 5.82 Å². The molecule has 0 spiro atoms. The lowest BCUT2D eigenvalue weighted by atomic mass is 10.0. The van der Waals surface area contributed by atoms with Crippen LogP contribution in [0.1, 0.15) is 45.7 Å². The first-order valence-electron chi connectivity index (χ1n) is 10.3. The molecule has 1 saturated heterocycles. The first-order valence-corrected chi connectivity index (χ1v) is 10.3. The SMILES string of the molecule is Cc1[nH]c(/C=C2\C(=O)Nc3ccc(F)cc32)c(C(F)(F)F)c1C(=O)NCCN1CCCC1. The molecule has 0 saturated carbocycles. The molecule has 0 radical (unpaired) electrons. The summed E-state index contributed by atoms with van der Waals surface area (Å²) in [6, 6.07) is 3.56. The number of carbonyl (C=O) groups is 2. The zero-order valence-electron chi connectivity index (χ0n) is 17.3. The lowest BCUT2D eigenvalue weighted by Crippen LogP contribution is -2.34. The van der Waals surface area contributed by atoms with Gasteiger partial charge < -0.3 is 20.5 Å². The molecule has 170 valence electrons. The van der Waals surface area contributed by atoms with Gasteiger partial charge in [-0.05, 0) is 57.1 Å². The number of aryl methyl sites for hydroxylation is 1. The summed E-state index contributed by atoms with van der Waals surface area (Å²) in [4.78, 5) is 29.7. The highest BCUT2D eigenvalue weighted by Crippen LogP contribution is 2.40. The van der Waals surface area contributed by atoms with Crippen LogP contribution in [0.2, 0.25) is 0 Å². The molecule has 1 aromatic heterocycles. The van der Waals surface area contributed by atoms with Gasteiger partial charge in [-0.25, -0.2) is 4.39 Å². The van der Waals surface area contributed by atoms with E-state index in [-0.39, 0.29) is 23.4 Å². The highest BCUT2D eigenvalue weighted by atomic mass is 19.4. The van der Waals surface area contributed by atoms with Crippen LogP contribution in [-0.2, 0) is 11.0 Å². The van der Waals surface area contributed by atoms with Crippen molar-refractivity contribution < 1.29 is 27.2 Å². The van der Waals surface area contributed by atoms with E-state index in [0.29, 0.717) is 12.2 Å². The lowest BCUT2D eigenvalue weighted by Gasteiger charge is -2.15. The summed E-state index contributed by atoms with van der Waals surface area (Å²) in [6.45, 7) is 3.99. The van der Waals surface area contributed by atoms with E-state index < -0.39 is 40.6 Å². The molecule has 0 bridgehead atoms. The average molecular weight is 450 g/mol. The van der Waals surface area contributed by atoms with Crippen molar-refractivity contribution in [2.45, 2.75) is 25.9 Å². The van der Waals surface area contributed by atoms with Crippen LogP contribution in [-0.4, -0.2) is 47.9 Å². The number of rotatable bonds is 5. The van der Waals surface area contributed by atoms with Crippen molar-refractivity contribution in [3.8, 4) is 0 Å². The fraction of sp³-hybridized carbons (Fsp3) is 0.364. The van der Waals surface area contributed by atoms with Gasteiger partial charge in [0.25, 0.3) is 11.8 Å². The van der Waals surface area contributed by atoms with Crippen LogP contribution in [0.5, 0.6) is 0 Å². The predicted molar refractivity (Wildman–Crippen MR) is 111 cm³/mol. The molecule has 32 heavy (non-hydrogen) atoms. The molecular formula is C22H22F4N4O2. The maximum Gasteiger partial charge on any atom is 0.419 e. The van der Waals surface area contributed by atoms with E-state index in [0.717, 1.165) is 44.1 Å². The molecule has 4 rings (SSSR count). The third-order valence-electron chi connectivity index (χ3n) is 5.69. The standard InChI is InChI=1S/C22H22F4N4O2/c1-12-18(21(32)27-6-9-30-7-2-3-8-30)19(22(24,25)26)17(28-12)11-15-14-10-13(23)4-5-16(14)29-20(15)31/h4-5,10-11,28H,2-3,6-9H2,1H3,(H,27,32)(H,29,31)/b15-11-. The number of H-pyrrole nitrogens is 1. The Bertz CT molecular complexity index is 1100. The third kappa shape index (κ3) is 4.27. The average Bonchev–Trinajstić information content (AvgIpc) is 3.41. The number of aromatic amines is 1. The fourth-order valence-electron chi connectivity index (χ4n) is 4.21. The van der Waals surface area contributed by atoms with E-state index in [1.807, 2.05) is 0 Å². The van der Waals surface area contributed by atoms with Crippen molar-refractivity contribution in [2.24, 2.45) is 0 Å². The number of nitrogens with one attached hydrogen (secondary N) is 3. The van der Waals surface area contributed by atoms with Crippen LogP contribution in [0, 0.1) is 12.7 Å². The Morgan fingerprint density at radius 1 is 1.25 bits per heavy atom. The number of likely N-dealkylation sites (tertiary alicyclic amines) is 1. The zero-order valence-corrected chi connectivity index (χ0v) is 17.3.